The van der Waals surface area contributed by atoms with Gasteiger partial charge in [0.15, 0.2) is 4.47 Å². The SMILES string of the molecule is CC(C)c1sc(Cl)nc1C(=O)NCc1nc2ccccc2n1C(C)C. The van der Waals surface area contributed by atoms with Crippen molar-refractivity contribution < 1.29 is 4.79 Å². The quantitative estimate of drug-likeness (QED) is 0.697. The summed E-state index contributed by atoms with van der Waals surface area (Å²) in [5.41, 5.74) is 2.42. The smallest absolute Gasteiger partial charge is 0.271 e. The summed E-state index contributed by atoms with van der Waals surface area (Å²) in [6.45, 7) is 8.61. The van der Waals surface area contributed by atoms with E-state index < -0.39 is 0 Å². The van der Waals surface area contributed by atoms with Gasteiger partial charge in [-0.3, -0.25) is 4.79 Å². The number of aromatic nitrogens is 3. The van der Waals surface area contributed by atoms with Crippen molar-refractivity contribution in [2.75, 3.05) is 0 Å². The van der Waals surface area contributed by atoms with Crippen LogP contribution in [-0.4, -0.2) is 20.4 Å². The fraction of sp³-hybridized carbons (Fsp3) is 0.389. The summed E-state index contributed by atoms with van der Waals surface area (Å²) in [5, 5.41) is 2.94. The van der Waals surface area contributed by atoms with Crippen molar-refractivity contribution in [2.45, 2.75) is 46.2 Å². The number of hydrogen-bond acceptors (Lipinski definition) is 4. The Kier molecular flexibility index (Phi) is 5.11. The third-order valence-corrected chi connectivity index (χ3v) is 5.42. The van der Waals surface area contributed by atoms with E-state index in [1.54, 1.807) is 0 Å². The van der Waals surface area contributed by atoms with Crippen LogP contribution in [-0.2, 0) is 6.54 Å². The molecule has 0 atom stereocenters. The van der Waals surface area contributed by atoms with E-state index in [9.17, 15) is 4.79 Å². The van der Waals surface area contributed by atoms with Gasteiger partial charge in [0.05, 0.1) is 17.6 Å². The Bertz CT molecular complexity index is 913. The Labute approximate surface area is 156 Å². The van der Waals surface area contributed by atoms with Crippen LogP contribution in [0.5, 0.6) is 0 Å². The van der Waals surface area contributed by atoms with Crippen LogP contribution >= 0.6 is 22.9 Å². The van der Waals surface area contributed by atoms with Crippen LogP contribution in [0.15, 0.2) is 24.3 Å². The van der Waals surface area contributed by atoms with Crippen LogP contribution in [0.3, 0.4) is 0 Å². The van der Waals surface area contributed by atoms with Gasteiger partial charge in [0.1, 0.15) is 11.5 Å². The molecule has 1 N–H and O–H groups in total. The van der Waals surface area contributed by atoms with Crippen LogP contribution in [0.2, 0.25) is 4.47 Å². The minimum Gasteiger partial charge on any atom is -0.343 e. The number of fused-ring (bicyclic) bond motifs is 1. The van der Waals surface area contributed by atoms with E-state index in [4.69, 9.17) is 11.6 Å². The number of benzene rings is 1. The number of nitrogens with zero attached hydrogens (tertiary/aromatic N) is 3. The molecule has 25 heavy (non-hydrogen) atoms. The van der Waals surface area contributed by atoms with Crippen molar-refractivity contribution in [3.63, 3.8) is 0 Å². The summed E-state index contributed by atoms with van der Waals surface area (Å²) in [4.78, 5) is 22.3. The standard InChI is InChI=1S/C18H21ClN4OS/c1-10(2)16-15(22-18(19)25-16)17(24)20-9-14-21-12-7-5-6-8-13(12)23(14)11(3)4/h5-8,10-11H,9H2,1-4H3,(H,20,24). The molecule has 0 fully saturated rings. The minimum absolute atomic E-state index is 0.200. The van der Waals surface area contributed by atoms with E-state index in [-0.39, 0.29) is 17.9 Å². The molecule has 0 aliphatic heterocycles. The Morgan fingerprint density at radius 1 is 1.24 bits per heavy atom. The van der Waals surface area contributed by atoms with E-state index in [0.29, 0.717) is 16.7 Å². The van der Waals surface area contributed by atoms with Gasteiger partial charge < -0.3 is 9.88 Å². The zero-order chi connectivity index (χ0) is 18.1. The first-order chi connectivity index (χ1) is 11.9. The summed E-state index contributed by atoms with van der Waals surface area (Å²) in [6.07, 6.45) is 0. The Balaban J connectivity index is 1.86. The first kappa shape index (κ1) is 17.9. The van der Waals surface area contributed by atoms with Crippen molar-refractivity contribution in [2.24, 2.45) is 0 Å². The summed E-state index contributed by atoms with van der Waals surface area (Å²) in [6, 6.07) is 8.24. The van der Waals surface area contributed by atoms with Crippen molar-refractivity contribution in [1.29, 1.82) is 0 Å². The predicted molar refractivity (Wildman–Crippen MR) is 103 cm³/mol. The van der Waals surface area contributed by atoms with Gasteiger partial charge in [-0.1, -0.05) is 37.6 Å². The van der Waals surface area contributed by atoms with Crippen LogP contribution in [0.25, 0.3) is 11.0 Å². The molecule has 1 amide bonds. The average Bonchev–Trinajstić information content (AvgIpc) is 3.12. The van der Waals surface area contributed by atoms with Gasteiger partial charge in [0, 0.05) is 10.9 Å². The lowest BCUT2D eigenvalue weighted by atomic mass is 10.1. The third kappa shape index (κ3) is 3.55. The molecule has 2 aromatic heterocycles. The van der Waals surface area contributed by atoms with Crippen molar-refractivity contribution >= 4 is 39.9 Å². The van der Waals surface area contributed by atoms with Crippen LogP contribution < -0.4 is 5.32 Å². The Morgan fingerprint density at radius 2 is 1.96 bits per heavy atom. The molecule has 7 heteroatoms. The average molecular weight is 377 g/mol. The van der Waals surface area contributed by atoms with Gasteiger partial charge in [-0.05, 0) is 31.9 Å². The molecule has 132 valence electrons. The highest BCUT2D eigenvalue weighted by Gasteiger charge is 2.21. The zero-order valence-electron chi connectivity index (χ0n) is 14.7. The first-order valence-electron chi connectivity index (χ1n) is 8.28. The highest BCUT2D eigenvalue weighted by Crippen LogP contribution is 2.29. The van der Waals surface area contributed by atoms with E-state index in [2.05, 4.69) is 33.7 Å². The molecule has 0 saturated heterocycles. The maximum atomic E-state index is 12.6. The molecule has 0 aliphatic carbocycles. The minimum atomic E-state index is -0.214. The summed E-state index contributed by atoms with van der Waals surface area (Å²) < 4.78 is 2.54. The predicted octanol–water partition coefficient (Wildman–Crippen LogP) is 4.78. The maximum absolute atomic E-state index is 12.6. The highest BCUT2D eigenvalue weighted by atomic mass is 35.5. The van der Waals surface area contributed by atoms with Crippen LogP contribution in [0.1, 0.15) is 60.8 Å². The number of nitrogens with one attached hydrogen (secondary N) is 1. The molecule has 5 nitrogen and oxygen atoms in total. The molecule has 1 aromatic carbocycles. The van der Waals surface area contributed by atoms with Gasteiger partial charge in [-0.2, -0.15) is 0 Å². The molecule has 3 rings (SSSR count). The molecular weight excluding hydrogens is 356 g/mol. The number of thiazole rings is 1. The van der Waals surface area contributed by atoms with Crippen molar-refractivity contribution in [3.8, 4) is 0 Å². The lowest BCUT2D eigenvalue weighted by Gasteiger charge is -2.13. The molecular formula is C18H21ClN4OS. The monoisotopic (exact) mass is 376 g/mol. The summed E-state index contributed by atoms with van der Waals surface area (Å²) >= 11 is 7.36. The second-order valence-corrected chi connectivity index (χ2v) is 8.11. The number of hydrogen-bond donors (Lipinski definition) is 1. The number of rotatable bonds is 5. The lowest BCUT2D eigenvalue weighted by molar-refractivity contribution is 0.0943. The number of imidazole rings is 1. The fourth-order valence-corrected chi connectivity index (χ4v) is 4.02. The second kappa shape index (κ2) is 7.14. The topological polar surface area (TPSA) is 59.8 Å². The molecule has 0 spiro atoms. The molecule has 0 bridgehead atoms. The highest BCUT2D eigenvalue weighted by molar-refractivity contribution is 7.16. The summed E-state index contributed by atoms with van der Waals surface area (Å²) in [5.74, 6) is 0.817. The molecule has 0 aliphatic rings. The number of halogens is 1. The number of amides is 1. The number of para-hydroxylation sites is 2. The fourth-order valence-electron chi connectivity index (χ4n) is 2.90. The lowest BCUT2D eigenvalue weighted by Crippen LogP contribution is -2.26. The summed E-state index contributed by atoms with van der Waals surface area (Å²) in [7, 11) is 0. The van der Waals surface area contributed by atoms with Gasteiger partial charge >= 0.3 is 0 Å². The molecule has 0 saturated carbocycles. The van der Waals surface area contributed by atoms with Crippen LogP contribution in [0, 0.1) is 0 Å². The van der Waals surface area contributed by atoms with Gasteiger partial charge in [-0.25, -0.2) is 9.97 Å². The first-order valence-corrected chi connectivity index (χ1v) is 9.48. The van der Waals surface area contributed by atoms with E-state index >= 15 is 0 Å². The van der Waals surface area contributed by atoms with E-state index in [0.717, 1.165) is 21.7 Å². The number of carbonyl (C=O) groups is 1. The molecule has 0 unspecified atom stereocenters. The maximum Gasteiger partial charge on any atom is 0.271 e. The van der Waals surface area contributed by atoms with Gasteiger partial charge in [0.2, 0.25) is 0 Å². The van der Waals surface area contributed by atoms with Crippen molar-refractivity contribution in [1.82, 2.24) is 19.9 Å². The third-order valence-electron chi connectivity index (χ3n) is 3.96. The van der Waals surface area contributed by atoms with E-state index in [1.807, 2.05) is 38.1 Å². The number of carbonyl (C=O) groups excluding carboxylic acids is 1. The Hall–Kier alpha value is -1.92. The largest absolute Gasteiger partial charge is 0.343 e. The normalized spacial score (nSPS) is 11.6. The molecule has 0 radical (unpaired) electrons. The second-order valence-electron chi connectivity index (χ2n) is 6.50. The van der Waals surface area contributed by atoms with Crippen LogP contribution in [0.4, 0.5) is 0 Å². The van der Waals surface area contributed by atoms with Gasteiger partial charge in [0.25, 0.3) is 5.91 Å². The van der Waals surface area contributed by atoms with Gasteiger partial charge in [-0.15, -0.1) is 11.3 Å². The molecule has 2 heterocycles. The van der Waals surface area contributed by atoms with Crippen molar-refractivity contribution in [3.05, 3.63) is 45.1 Å². The Morgan fingerprint density at radius 3 is 2.64 bits per heavy atom. The molecule has 3 aromatic rings. The zero-order valence-corrected chi connectivity index (χ0v) is 16.3. The van der Waals surface area contributed by atoms with E-state index in [1.165, 1.54) is 11.3 Å².